The fourth-order valence-corrected chi connectivity index (χ4v) is 3.50. The van der Waals surface area contributed by atoms with Crippen molar-refractivity contribution in [2.75, 3.05) is 20.8 Å². The van der Waals surface area contributed by atoms with Gasteiger partial charge in [0.05, 0.1) is 17.6 Å². The number of ether oxygens (including phenoxy) is 2. The molecule has 0 aliphatic heterocycles. The van der Waals surface area contributed by atoms with Crippen molar-refractivity contribution in [2.45, 2.75) is 17.4 Å². The van der Waals surface area contributed by atoms with Gasteiger partial charge in [-0.05, 0) is 37.3 Å². The minimum atomic E-state index is -3.88. The zero-order valence-electron chi connectivity index (χ0n) is 14.7. The van der Waals surface area contributed by atoms with Crippen molar-refractivity contribution in [1.82, 2.24) is 4.72 Å². The van der Waals surface area contributed by atoms with Gasteiger partial charge in [0, 0.05) is 19.2 Å². The first-order chi connectivity index (χ1) is 12.2. The zero-order valence-corrected chi connectivity index (χ0v) is 15.5. The van der Waals surface area contributed by atoms with Crippen LogP contribution >= 0.6 is 0 Å². The molecule has 0 spiro atoms. The van der Waals surface area contributed by atoms with E-state index in [0.29, 0.717) is 0 Å². The second-order valence-corrected chi connectivity index (χ2v) is 7.52. The maximum atomic E-state index is 14.1. The lowest BCUT2D eigenvalue weighted by molar-refractivity contribution is 0.00410. The van der Waals surface area contributed by atoms with E-state index in [1.54, 1.807) is 19.1 Å². The van der Waals surface area contributed by atoms with E-state index in [-0.39, 0.29) is 22.6 Å². The molecule has 1 unspecified atom stereocenters. The van der Waals surface area contributed by atoms with Crippen molar-refractivity contribution < 1.29 is 27.1 Å². The summed E-state index contributed by atoms with van der Waals surface area (Å²) in [4.78, 5) is 11.4. The number of carbonyl (C=O) groups is 1. The maximum Gasteiger partial charge on any atom is 0.337 e. The third kappa shape index (κ3) is 4.27. The van der Waals surface area contributed by atoms with E-state index in [4.69, 9.17) is 4.74 Å². The first-order valence-corrected chi connectivity index (χ1v) is 9.20. The Labute approximate surface area is 152 Å². The highest BCUT2D eigenvalue weighted by Gasteiger charge is 2.31. The predicted octanol–water partition coefficient (Wildman–Crippen LogP) is 2.45. The fraction of sp³-hybridized carbons (Fsp3) is 0.278. The van der Waals surface area contributed by atoms with Crippen LogP contribution in [0.1, 0.15) is 22.8 Å². The molecule has 0 aromatic heterocycles. The van der Waals surface area contributed by atoms with E-state index < -0.39 is 27.4 Å². The summed E-state index contributed by atoms with van der Waals surface area (Å²) >= 11 is 0. The van der Waals surface area contributed by atoms with E-state index in [9.17, 15) is 17.6 Å². The Balaban J connectivity index is 2.21. The Hall–Kier alpha value is -2.29. The van der Waals surface area contributed by atoms with Crippen LogP contribution in [0.5, 0.6) is 0 Å². The molecule has 6 nitrogen and oxygen atoms in total. The first kappa shape index (κ1) is 20.0. The second-order valence-electron chi connectivity index (χ2n) is 5.76. The van der Waals surface area contributed by atoms with Gasteiger partial charge in [-0.25, -0.2) is 22.3 Å². The number of carbonyl (C=O) groups excluding carboxylic acids is 1. The van der Waals surface area contributed by atoms with Crippen LogP contribution in [0.4, 0.5) is 4.39 Å². The van der Waals surface area contributed by atoms with E-state index in [0.717, 1.165) is 0 Å². The molecule has 8 heteroatoms. The normalized spacial score (nSPS) is 13.8. The summed E-state index contributed by atoms with van der Waals surface area (Å²) in [6.07, 6.45) is 0. The molecule has 0 bridgehead atoms. The Morgan fingerprint density at radius 2 is 1.73 bits per heavy atom. The summed E-state index contributed by atoms with van der Waals surface area (Å²) in [5.41, 5.74) is -0.713. The van der Waals surface area contributed by atoms with Gasteiger partial charge in [0.25, 0.3) is 0 Å². The third-order valence-electron chi connectivity index (χ3n) is 4.08. The fourth-order valence-electron chi connectivity index (χ4n) is 2.37. The molecule has 1 N–H and O–H groups in total. The molecule has 0 saturated carbocycles. The second kappa shape index (κ2) is 7.94. The molecule has 0 radical (unpaired) electrons. The summed E-state index contributed by atoms with van der Waals surface area (Å²) in [6, 6.07) is 11.3. The Kier molecular flexibility index (Phi) is 6.12. The van der Waals surface area contributed by atoms with Gasteiger partial charge >= 0.3 is 5.97 Å². The highest BCUT2D eigenvalue weighted by Crippen LogP contribution is 2.27. The monoisotopic (exact) mass is 381 g/mol. The topological polar surface area (TPSA) is 81.7 Å². The molecule has 140 valence electrons. The highest BCUT2D eigenvalue weighted by atomic mass is 32.2. The van der Waals surface area contributed by atoms with Gasteiger partial charge < -0.3 is 9.47 Å². The van der Waals surface area contributed by atoms with Crippen molar-refractivity contribution in [3.63, 3.8) is 0 Å². The largest absolute Gasteiger partial charge is 0.465 e. The number of esters is 1. The summed E-state index contributed by atoms with van der Waals surface area (Å²) < 4.78 is 51.4. The number of hydrogen-bond acceptors (Lipinski definition) is 5. The highest BCUT2D eigenvalue weighted by molar-refractivity contribution is 7.89. The number of sulfonamides is 1. The molecular weight excluding hydrogens is 361 g/mol. The molecule has 2 rings (SSSR count). The maximum absolute atomic E-state index is 14.1. The lowest BCUT2D eigenvalue weighted by Crippen LogP contribution is -2.40. The summed E-state index contributed by atoms with van der Waals surface area (Å²) in [5.74, 6) is -1.05. The average Bonchev–Trinajstić information content (AvgIpc) is 2.66. The van der Waals surface area contributed by atoms with Crippen molar-refractivity contribution in [1.29, 1.82) is 0 Å². The van der Waals surface area contributed by atoms with Crippen LogP contribution in [-0.2, 0) is 25.1 Å². The molecule has 0 fully saturated rings. The number of methoxy groups -OCH3 is 2. The lowest BCUT2D eigenvalue weighted by atomic mass is 9.95. The van der Waals surface area contributed by atoms with E-state index in [1.165, 1.54) is 50.6 Å². The molecule has 26 heavy (non-hydrogen) atoms. The van der Waals surface area contributed by atoms with Crippen molar-refractivity contribution in [3.8, 4) is 0 Å². The van der Waals surface area contributed by atoms with E-state index >= 15 is 0 Å². The molecule has 0 saturated heterocycles. The van der Waals surface area contributed by atoms with Gasteiger partial charge in [0.1, 0.15) is 11.4 Å². The standard InChI is InChI=1S/C18H20FNO5S/c1-18(25-3,15-6-4-5-7-16(15)19)12-20-26(22,23)14-10-8-13(9-11-14)17(21)24-2/h4-11,20H,12H2,1-3H3. The van der Waals surface area contributed by atoms with Gasteiger partial charge in [-0.15, -0.1) is 0 Å². The van der Waals surface area contributed by atoms with Crippen LogP contribution < -0.4 is 4.72 Å². The third-order valence-corrected chi connectivity index (χ3v) is 5.50. The molecular formula is C18H20FNO5S. The average molecular weight is 381 g/mol. The SMILES string of the molecule is COC(=O)c1ccc(S(=O)(=O)NCC(C)(OC)c2ccccc2F)cc1. The molecule has 0 amide bonds. The summed E-state index contributed by atoms with van der Waals surface area (Å²) in [5, 5.41) is 0. The number of rotatable bonds is 7. The minimum absolute atomic E-state index is 0.0304. The van der Waals surface area contributed by atoms with Gasteiger partial charge in [-0.1, -0.05) is 18.2 Å². The number of nitrogens with one attached hydrogen (secondary N) is 1. The first-order valence-electron chi connectivity index (χ1n) is 7.72. The van der Waals surface area contributed by atoms with Gasteiger partial charge in [-0.2, -0.15) is 0 Å². The number of halogens is 1. The summed E-state index contributed by atoms with van der Waals surface area (Å²) in [6.45, 7) is 1.42. The van der Waals surface area contributed by atoms with Crippen LogP contribution in [0, 0.1) is 5.82 Å². The Bertz CT molecular complexity index is 883. The van der Waals surface area contributed by atoms with Gasteiger partial charge in [0.15, 0.2) is 0 Å². The van der Waals surface area contributed by atoms with Crippen molar-refractivity contribution >= 4 is 16.0 Å². The molecule has 2 aromatic carbocycles. The lowest BCUT2D eigenvalue weighted by Gasteiger charge is -2.29. The zero-order chi connectivity index (χ0) is 19.4. The molecule has 0 aliphatic carbocycles. The van der Waals surface area contributed by atoms with Gasteiger partial charge in [-0.3, -0.25) is 0 Å². The van der Waals surface area contributed by atoms with Crippen LogP contribution in [-0.4, -0.2) is 35.2 Å². The van der Waals surface area contributed by atoms with Crippen molar-refractivity contribution in [3.05, 3.63) is 65.5 Å². The van der Waals surface area contributed by atoms with Crippen LogP contribution in [0.3, 0.4) is 0 Å². The number of hydrogen-bond donors (Lipinski definition) is 1. The van der Waals surface area contributed by atoms with Gasteiger partial charge in [0.2, 0.25) is 10.0 Å². The molecule has 0 heterocycles. The Morgan fingerprint density at radius 1 is 1.12 bits per heavy atom. The molecule has 0 aliphatic rings. The quantitative estimate of drug-likeness (QED) is 0.745. The minimum Gasteiger partial charge on any atom is -0.465 e. The van der Waals surface area contributed by atoms with Crippen LogP contribution in [0.15, 0.2) is 53.4 Å². The number of benzene rings is 2. The van der Waals surface area contributed by atoms with E-state index in [1.807, 2.05) is 0 Å². The van der Waals surface area contributed by atoms with Crippen molar-refractivity contribution in [2.24, 2.45) is 0 Å². The van der Waals surface area contributed by atoms with E-state index in [2.05, 4.69) is 9.46 Å². The van der Waals surface area contributed by atoms with Crippen LogP contribution in [0.2, 0.25) is 0 Å². The molecule has 2 aromatic rings. The van der Waals surface area contributed by atoms with Crippen LogP contribution in [0.25, 0.3) is 0 Å². The summed E-state index contributed by atoms with van der Waals surface area (Å²) in [7, 11) is -1.26. The Morgan fingerprint density at radius 3 is 2.27 bits per heavy atom. The predicted molar refractivity (Wildman–Crippen MR) is 93.7 cm³/mol. The molecule has 1 atom stereocenters. The smallest absolute Gasteiger partial charge is 0.337 e.